The summed E-state index contributed by atoms with van der Waals surface area (Å²) in [6, 6.07) is 7.65. The van der Waals surface area contributed by atoms with Gasteiger partial charge in [-0.3, -0.25) is 4.79 Å². The van der Waals surface area contributed by atoms with E-state index in [1.54, 1.807) is 12.1 Å². The Balaban J connectivity index is 2.26. The van der Waals surface area contributed by atoms with E-state index in [0.717, 1.165) is 0 Å². The molecule has 0 bridgehead atoms. The number of amides is 1. The Labute approximate surface area is 134 Å². The summed E-state index contributed by atoms with van der Waals surface area (Å²) >= 11 is 9.21. The molecule has 7 heteroatoms. The Morgan fingerprint density at radius 2 is 2.00 bits per heavy atom. The average Bonchev–Trinajstić information content (AvgIpc) is 2.48. The van der Waals surface area contributed by atoms with Gasteiger partial charge < -0.3 is 10.1 Å². The zero-order valence-electron chi connectivity index (χ0n) is 10.9. The molecule has 0 unspecified atom stereocenters. The molecular weight excluding hydrogens is 360 g/mol. The van der Waals surface area contributed by atoms with Crippen LogP contribution in [0.25, 0.3) is 0 Å². The van der Waals surface area contributed by atoms with Crippen LogP contribution in [-0.4, -0.2) is 24.0 Å². The average molecular weight is 370 g/mol. The molecule has 21 heavy (non-hydrogen) atoms. The number of hydrogen-bond acceptors (Lipinski definition) is 4. The van der Waals surface area contributed by atoms with Gasteiger partial charge in [0.15, 0.2) is 0 Å². The van der Waals surface area contributed by atoms with Crippen LogP contribution in [0.1, 0.15) is 20.7 Å². The van der Waals surface area contributed by atoms with Crippen LogP contribution < -0.4 is 5.32 Å². The maximum absolute atomic E-state index is 12.1. The monoisotopic (exact) mass is 368 g/mol. The Hall–Kier alpha value is -1.92. The minimum Gasteiger partial charge on any atom is -0.465 e. The van der Waals surface area contributed by atoms with Crippen LogP contribution in [0.4, 0.5) is 5.69 Å². The molecule has 2 aromatic rings. The van der Waals surface area contributed by atoms with E-state index in [1.165, 1.54) is 31.5 Å². The number of halogens is 2. The lowest BCUT2D eigenvalue weighted by molar-refractivity contribution is 0.0600. The van der Waals surface area contributed by atoms with Crippen molar-refractivity contribution < 1.29 is 14.3 Å². The lowest BCUT2D eigenvalue weighted by Gasteiger charge is -2.09. The highest BCUT2D eigenvalue weighted by molar-refractivity contribution is 9.10. The summed E-state index contributed by atoms with van der Waals surface area (Å²) in [6.07, 6.45) is 1.51. The fourth-order valence-corrected chi connectivity index (χ4v) is 2.13. The second kappa shape index (κ2) is 6.69. The molecule has 0 fully saturated rings. The van der Waals surface area contributed by atoms with Crippen molar-refractivity contribution in [3.63, 3.8) is 0 Å². The maximum Gasteiger partial charge on any atom is 0.337 e. The summed E-state index contributed by atoms with van der Waals surface area (Å²) in [5.74, 6) is -0.865. The molecule has 108 valence electrons. The zero-order chi connectivity index (χ0) is 15.4. The van der Waals surface area contributed by atoms with E-state index in [-0.39, 0.29) is 5.91 Å². The van der Waals surface area contributed by atoms with Crippen molar-refractivity contribution in [3.05, 3.63) is 57.3 Å². The van der Waals surface area contributed by atoms with Gasteiger partial charge in [0.2, 0.25) is 0 Å². The van der Waals surface area contributed by atoms with Gasteiger partial charge in [-0.15, -0.1) is 0 Å². The number of benzene rings is 1. The van der Waals surface area contributed by atoms with Crippen molar-refractivity contribution in [2.24, 2.45) is 0 Å². The second-order valence-corrected chi connectivity index (χ2v) is 5.23. The molecule has 5 nitrogen and oxygen atoms in total. The van der Waals surface area contributed by atoms with Crippen molar-refractivity contribution in [2.45, 2.75) is 0 Å². The second-order valence-electron chi connectivity index (χ2n) is 4.01. The number of pyridine rings is 1. The van der Waals surface area contributed by atoms with Gasteiger partial charge in [-0.05, 0) is 46.3 Å². The summed E-state index contributed by atoms with van der Waals surface area (Å²) in [5, 5.41) is 2.97. The number of esters is 1. The number of carbonyl (C=O) groups is 2. The third kappa shape index (κ3) is 3.80. The number of carbonyl (C=O) groups excluding carboxylic acids is 2. The van der Waals surface area contributed by atoms with Gasteiger partial charge in [0.05, 0.1) is 23.4 Å². The van der Waals surface area contributed by atoms with Crippen molar-refractivity contribution in [3.8, 4) is 0 Å². The summed E-state index contributed by atoms with van der Waals surface area (Å²) in [7, 11) is 1.28. The van der Waals surface area contributed by atoms with Gasteiger partial charge in [0, 0.05) is 11.8 Å². The Morgan fingerprint density at radius 3 is 2.67 bits per heavy atom. The maximum atomic E-state index is 12.1. The SMILES string of the molecule is COC(=O)c1ccc(Cl)c(NC(=O)c2ccnc(Br)c2)c1. The normalized spacial score (nSPS) is 10.0. The van der Waals surface area contributed by atoms with E-state index >= 15 is 0 Å². The topological polar surface area (TPSA) is 68.3 Å². The number of rotatable bonds is 3. The molecule has 1 amide bonds. The third-order valence-corrected chi connectivity index (χ3v) is 3.39. The molecule has 0 aliphatic carbocycles. The quantitative estimate of drug-likeness (QED) is 0.664. The van der Waals surface area contributed by atoms with Crippen LogP contribution in [0.3, 0.4) is 0 Å². The minimum atomic E-state index is -0.506. The number of nitrogens with one attached hydrogen (secondary N) is 1. The van der Waals surface area contributed by atoms with E-state index in [0.29, 0.717) is 26.4 Å². The summed E-state index contributed by atoms with van der Waals surface area (Å²) in [5.41, 5.74) is 1.04. The molecule has 1 heterocycles. The molecule has 2 rings (SSSR count). The molecule has 1 N–H and O–H groups in total. The van der Waals surface area contributed by atoms with Gasteiger partial charge in [-0.1, -0.05) is 11.6 Å². The fraction of sp³-hybridized carbons (Fsp3) is 0.0714. The Bertz CT molecular complexity index is 706. The smallest absolute Gasteiger partial charge is 0.337 e. The van der Waals surface area contributed by atoms with E-state index < -0.39 is 5.97 Å². The summed E-state index contributed by atoms with van der Waals surface area (Å²) in [6.45, 7) is 0. The molecular formula is C14H10BrClN2O3. The van der Waals surface area contributed by atoms with Crippen LogP contribution >= 0.6 is 27.5 Å². The molecule has 1 aromatic carbocycles. The third-order valence-electron chi connectivity index (χ3n) is 2.62. The largest absolute Gasteiger partial charge is 0.465 e. The fourth-order valence-electron chi connectivity index (χ4n) is 1.60. The number of methoxy groups -OCH3 is 1. The number of ether oxygens (including phenoxy) is 1. The number of hydrogen-bond donors (Lipinski definition) is 1. The first kappa shape index (κ1) is 15.5. The Kier molecular flexibility index (Phi) is 4.93. The molecule has 0 saturated carbocycles. The van der Waals surface area contributed by atoms with Crippen LogP contribution in [0.2, 0.25) is 5.02 Å². The molecule has 0 saturated heterocycles. The summed E-state index contributed by atoms with van der Waals surface area (Å²) < 4.78 is 5.17. The predicted octanol–water partition coefficient (Wildman–Crippen LogP) is 3.54. The minimum absolute atomic E-state index is 0.299. The summed E-state index contributed by atoms with van der Waals surface area (Å²) in [4.78, 5) is 27.6. The van der Waals surface area contributed by atoms with Crippen LogP contribution in [0.15, 0.2) is 41.1 Å². The molecule has 0 atom stereocenters. The van der Waals surface area contributed by atoms with Crippen LogP contribution in [0.5, 0.6) is 0 Å². The van der Waals surface area contributed by atoms with Gasteiger partial charge in [0.1, 0.15) is 4.60 Å². The van der Waals surface area contributed by atoms with Crippen molar-refractivity contribution in [1.82, 2.24) is 4.98 Å². The lowest BCUT2D eigenvalue weighted by Crippen LogP contribution is -2.13. The van der Waals surface area contributed by atoms with Crippen molar-refractivity contribution >= 4 is 45.1 Å². The first-order chi connectivity index (χ1) is 10.0. The molecule has 1 aromatic heterocycles. The molecule has 0 aliphatic rings. The highest BCUT2D eigenvalue weighted by Gasteiger charge is 2.12. The standard InChI is InChI=1S/C14H10BrClN2O3/c1-21-14(20)9-2-3-10(16)11(6-9)18-13(19)8-4-5-17-12(15)7-8/h2-7H,1H3,(H,18,19). The molecule has 0 aliphatic heterocycles. The molecule has 0 radical (unpaired) electrons. The van der Waals surface area contributed by atoms with E-state index in [9.17, 15) is 9.59 Å². The van der Waals surface area contributed by atoms with Crippen LogP contribution in [0, 0.1) is 0 Å². The van der Waals surface area contributed by atoms with Gasteiger partial charge in [0.25, 0.3) is 5.91 Å². The van der Waals surface area contributed by atoms with E-state index in [4.69, 9.17) is 11.6 Å². The van der Waals surface area contributed by atoms with Crippen molar-refractivity contribution in [1.29, 1.82) is 0 Å². The number of anilines is 1. The predicted molar refractivity (Wildman–Crippen MR) is 82.7 cm³/mol. The van der Waals surface area contributed by atoms with Gasteiger partial charge >= 0.3 is 5.97 Å². The zero-order valence-corrected chi connectivity index (χ0v) is 13.2. The highest BCUT2D eigenvalue weighted by atomic mass is 79.9. The first-order valence-electron chi connectivity index (χ1n) is 5.82. The van der Waals surface area contributed by atoms with Crippen molar-refractivity contribution in [2.75, 3.05) is 12.4 Å². The number of nitrogens with zero attached hydrogens (tertiary/aromatic N) is 1. The first-order valence-corrected chi connectivity index (χ1v) is 6.99. The van der Waals surface area contributed by atoms with E-state index in [1.807, 2.05) is 0 Å². The van der Waals surface area contributed by atoms with Crippen LogP contribution in [-0.2, 0) is 4.74 Å². The van der Waals surface area contributed by atoms with E-state index in [2.05, 4.69) is 31.0 Å². The van der Waals surface area contributed by atoms with Gasteiger partial charge in [-0.2, -0.15) is 0 Å². The Morgan fingerprint density at radius 1 is 1.24 bits per heavy atom. The lowest BCUT2D eigenvalue weighted by atomic mass is 10.2. The highest BCUT2D eigenvalue weighted by Crippen LogP contribution is 2.24. The van der Waals surface area contributed by atoms with Gasteiger partial charge in [-0.25, -0.2) is 9.78 Å². The molecule has 0 spiro atoms. The number of aromatic nitrogens is 1.